The summed E-state index contributed by atoms with van der Waals surface area (Å²) in [7, 11) is -3.98. The molecule has 1 fully saturated rings. The summed E-state index contributed by atoms with van der Waals surface area (Å²) in [5.41, 5.74) is -0.0921. The quantitative estimate of drug-likeness (QED) is 0.618. The standard InChI is InChI=1S/C12H14N4O4S/c13-6-8-3-9(4-8)7-15-11-2-1-10(21(14,19)20)5-12(11)16(17)18/h1-2,5,8-9,15H,3-4,7H2,(H2,14,19,20)/t8-,9+. The average Bonchev–Trinajstić information content (AvgIpc) is 2.35. The highest BCUT2D eigenvalue weighted by molar-refractivity contribution is 7.89. The van der Waals surface area contributed by atoms with E-state index in [1.54, 1.807) is 0 Å². The third-order valence-corrected chi connectivity index (χ3v) is 4.40. The molecule has 0 saturated heterocycles. The fourth-order valence-electron chi connectivity index (χ4n) is 2.25. The average molecular weight is 310 g/mol. The zero-order valence-corrected chi connectivity index (χ0v) is 11.8. The number of nitrogens with zero attached hydrogens (tertiary/aromatic N) is 2. The molecule has 1 aliphatic carbocycles. The summed E-state index contributed by atoms with van der Waals surface area (Å²) in [5, 5.41) is 27.6. The Bertz CT molecular complexity index is 704. The number of nitriles is 1. The number of rotatable bonds is 5. The molecule has 0 aromatic heterocycles. The highest BCUT2D eigenvalue weighted by Gasteiger charge is 2.29. The summed E-state index contributed by atoms with van der Waals surface area (Å²) < 4.78 is 22.4. The number of nitro benzene ring substituents is 1. The van der Waals surface area contributed by atoms with E-state index in [1.807, 2.05) is 0 Å². The third kappa shape index (κ3) is 3.48. The number of hydrogen-bond acceptors (Lipinski definition) is 6. The lowest BCUT2D eigenvalue weighted by molar-refractivity contribution is -0.384. The van der Waals surface area contributed by atoms with E-state index in [9.17, 15) is 18.5 Å². The molecule has 0 bridgehead atoms. The normalized spacial score (nSPS) is 21.1. The van der Waals surface area contributed by atoms with E-state index in [4.69, 9.17) is 10.4 Å². The summed E-state index contributed by atoms with van der Waals surface area (Å²) in [4.78, 5) is 10.1. The van der Waals surface area contributed by atoms with Crippen LogP contribution in [0.5, 0.6) is 0 Å². The van der Waals surface area contributed by atoms with Gasteiger partial charge in [-0.3, -0.25) is 10.1 Å². The van der Waals surface area contributed by atoms with Crippen molar-refractivity contribution in [1.82, 2.24) is 0 Å². The molecule has 2 rings (SSSR count). The molecule has 1 aromatic carbocycles. The second-order valence-corrected chi connectivity index (χ2v) is 6.59. The van der Waals surface area contributed by atoms with E-state index in [2.05, 4.69) is 11.4 Å². The van der Waals surface area contributed by atoms with Crippen molar-refractivity contribution >= 4 is 21.4 Å². The van der Waals surface area contributed by atoms with Crippen LogP contribution >= 0.6 is 0 Å². The molecule has 0 heterocycles. The fraction of sp³-hybridized carbons (Fsp3) is 0.417. The number of hydrogen-bond donors (Lipinski definition) is 2. The first-order chi connectivity index (χ1) is 9.81. The molecular formula is C12H14N4O4S. The number of anilines is 1. The zero-order chi connectivity index (χ0) is 15.6. The van der Waals surface area contributed by atoms with Crippen molar-refractivity contribution in [2.24, 2.45) is 17.0 Å². The van der Waals surface area contributed by atoms with E-state index >= 15 is 0 Å². The van der Waals surface area contributed by atoms with Crippen LogP contribution in [0.15, 0.2) is 23.1 Å². The van der Waals surface area contributed by atoms with Crippen molar-refractivity contribution in [1.29, 1.82) is 5.26 Å². The third-order valence-electron chi connectivity index (χ3n) is 3.49. The molecule has 0 aliphatic heterocycles. The van der Waals surface area contributed by atoms with Gasteiger partial charge >= 0.3 is 0 Å². The number of nitro groups is 1. The van der Waals surface area contributed by atoms with E-state index in [1.165, 1.54) is 12.1 Å². The van der Waals surface area contributed by atoms with Gasteiger partial charge in [-0.25, -0.2) is 13.6 Å². The van der Waals surface area contributed by atoms with E-state index in [-0.39, 0.29) is 22.2 Å². The maximum atomic E-state index is 11.2. The van der Waals surface area contributed by atoms with Crippen molar-refractivity contribution in [3.8, 4) is 6.07 Å². The van der Waals surface area contributed by atoms with Gasteiger partial charge in [-0.1, -0.05) is 0 Å². The molecule has 3 N–H and O–H groups in total. The molecule has 8 nitrogen and oxygen atoms in total. The van der Waals surface area contributed by atoms with Crippen molar-refractivity contribution in [3.63, 3.8) is 0 Å². The molecule has 0 unspecified atom stereocenters. The second-order valence-electron chi connectivity index (χ2n) is 5.03. The monoisotopic (exact) mass is 310 g/mol. The van der Waals surface area contributed by atoms with Crippen LogP contribution in [0.25, 0.3) is 0 Å². The maximum Gasteiger partial charge on any atom is 0.293 e. The van der Waals surface area contributed by atoms with E-state index in [0.717, 1.165) is 18.9 Å². The molecule has 21 heavy (non-hydrogen) atoms. The number of benzene rings is 1. The Kier molecular flexibility index (Phi) is 4.11. The van der Waals surface area contributed by atoms with Crippen molar-refractivity contribution in [2.75, 3.05) is 11.9 Å². The fourth-order valence-corrected chi connectivity index (χ4v) is 2.78. The summed E-state index contributed by atoms with van der Waals surface area (Å²) in [6.07, 6.45) is 1.54. The minimum Gasteiger partial charge on any atom is -0.379 e. The van der Waals surface area contributed by atoms with Crippen LogP contribution in [0.2, 0.25) is 0 Å². The zero-order valence-electron chi connectivity index (χ0n) is 11.0. The molecule has 112 valence electrons. The highest BCUT2D eigenvalue weighted by Crippen LogP contribution is 2.34. The molecule has 1 aliphatic rings. The minimum atomic E-state index is -3.98. The maximum absolute atomic E-state index is 11.2. The Balaban J connectivity index is 2.13. The Labute approximate surface area is 121 Å². The van der Waals surface area contributed by atoms with Gasteiger partial charge in [0.1, 0.15) is 5.69 Å². The van der Waals surface area contributed by atoms with Gasteiger partial charge in [0.2, 0.25) is 10.0 Å². The molecule has 0 atom stereocenters. The SMILES string of the molecule is N#C[C@H]1C[C@@H](CNc2ccc(S(N)(=O)=O)cc2[N+](=O)[O-])C1. The lowest BCUT2D eigenvalue weighted by atomic mass is 9.76. The largest absolute Gasteiger partial charge is 0.379 e. The first-order valence-electron chi connectivity index (χ1n) is 6.26. The molecule has 0 spiro atoms. The van der Waals surface area contributed by atoms with E-state index in [0.29, 0.717) is 12.5 Å². The first-order valence-corrected chi connectivity index (χ1v) is 7.80. The van der Waals surface area contributed by atoms with Gasteiger partial charge in [0.25, 0.3) is 5.69 Å². The lowest BCUT2D eigenvalue weighted by Crippen LogP contribution is -2.28. The summed E-state index contributed by atoms with van der Waals surface area (Å²) >= 11 is 0. The van der Waals surface area contributed by atoms with Crippen LogP contribution in [0.1, 0.15) is 12.8 Å². The topological polar surface area (TPSA) is 139 Å². The highest BCUT2D eigenvalue weighted by atomic mass is 32.2. The Hall–Kier alpha value is -2.18. The van der Waals surface area contributed by atoms with Crippen LogP contribution in [-0.4, -0.2) is 19.9 Å². The predicted octanol–water partition coefficient (Wildman–Crippen LogP) is 1.20. The van der Waals surface area contributed by atoms with Gasteiger partial charge in [0, 0.05) is 18.5 Å². The molecule has 9 heteroatoms. The Morgan fingerprint density at radius 2 is 2.14 bits per heavy atom. The van der Waals surface area contributed by atoms with Crippen molar-refractivity contribution in [3.05, 3.63) is 28.3 Å². The summed E-state index contributed by atoms with van der Waals surface area (Å²) in [6, 6.07) is 5.67. The Morgan fingerprint density at radius 1 is 1.48 bits per heavy atom. The van der Waals surface area contributed by atoms with Crippen LogP contribution in [0.3, 0.4) is 0 Å². The van der Waals surface area contributed by atoms with Crippen LogP contribution in [0, 0.1) is 33.3 Å². The van der Waals surface area contributed by atoms with Crippen molar-refractivity contribution < 1.29 is 13.3 Å². The minimum absolute atomic E-state index is 0.0662. The van der Waals surface area contributed by atoms with Crippen LogP contribution in [-0.2, 0) is 10.0 Å². The molecule has 0 radical (unpaired) electrons. The van der Waals surface area contributed by atoms with Gasteiger partial charge in [-0.15, -0.1) is 0 Å². The Morgan fingerprint density at radius 3 is 2.67 bits per heavy atom. The van der Waals surface area contributed by atoms with Gasteiger partial charge in [0.05, 0.1) is 15.9 Å². The van der Waals surface area contributed by atoms with Crippen LogP contribution < -0.4 is 10.5 Å². The number of nitrogens with two attached hydrogens (primary N) is 1. The number of primary sulfonamides is 1. The van der Waals surface area contributed by atoms with Crippen molar-refractivity contribution in [2.45, 2.75) is 17.7 Å². The predicted molar refractivity (Wildman–Crippen MR) is 74.8 cm³/mol. The number of nitrogens with one attached hydrogen (secondary N) is 1. The summed E-state index contributed by atoms with van der Waals surface area (Å²) in [6.45, 7) is 0.508. The molecule has 1 aromatic rings. The summed E-state index contributed by atoms with van der Waals surface area (Å²) in [5.74, 6) is 0.365. The first kappa shape index (κ1) is 15.2. The van der Waals surface area contributed by atoms with E-state index < -0.39 is 14.9 Å². The van der Waals surface area contributed by atoms with Gasteiger partial charge < -0.3 is 5.32 Å². The second kappa shape index (κ2) is 5.67. The smallest absolute Gasteiger partial charge is 0.293 e. The number of sulfonamides is 1. The van der Waals surface area contributed by atoms with Crippen LogP contribution in [0.4, 0.5) is 11.4 Å². The molecule has 1 saturated carbocycles. The van der Waals surface area contributed by atoms with Gasteiger partial charge in [-0.05, 0) is 30.9 Å². The molecule has 0 amide bonds. The van der Waals surface area contributed by atoms with Gasteiger partial charge in [0.15, 0.2) is 0 Å². The lowest BCUT2D eigenvalue weighted by Gasteiger charge is -2.30. The van der Waals surface area contributed by atoms with Gasteiger partial charge in [-0.2, -0.15) is 5.26 Å². The molecular weight excluding hydrogens is 296 g/mol.